The van der Waals surface area contributed by atoms with Crippen LogP contribution >= 0.6 is 11.6 Å². The lowest BCUT2D eigenvalue weighted by Gasteiger charge is -2.09. The maximum atomic E-state index is 12.4. The van der Waals surface area contributed by atoms with E-state index in [1.807, 2.05) is 0 Å². The van der Waals surface area contributed by atoms with Gasteiger partial charge in [0.1, 0.15) is 10.8 Å². The second kappa shape index (κ2) is 4.86. The number of rotatable bonds is 2. The van der Waals surface area contributed by atoms with Crippen LogP contribution in [0.2, 0.25) is 5.02 Å². The predicted molar refractivity (Wildman–Crippen MR) is 59.6 cm³/mol. The molecule has 0 aliphatic heterocycles. The van der Waals surface area contributed by atoms with Crippen LogP contribution in [0.5, 0.6) is 11.6 Å². The Morgan fingerprint density at radius 3 is 2.61 bits per heavy atom. The molecule has 0 unspecified atom stereocenters. The zero-order valence-corrected chi connectivity index (χ0v) is 9.59. The van der Waals surface area contributed by atoms with E-state index in [1.165, 1.54) is 0 Å². The first-order chi connectivity index (χ1) is 8.47. The van der Waals surface area contributed by atoms with Crippen LogP contribution in [-0.2, 0) is 6.18 Å². The Bertz CT molecular complexity index is 543. The zero-order valence-electron chi connectivity index (χ0n) is 8.83. The first-order valence-electron chi connectivity index (χ1n) is 4.84. The Kier molecular flexibility index (Phi) is 3.43. The lowest BCUT2D eigenvalue weighted by molar-refractivity contribution is -0.137. The SMILES string of the molecule is FC(F)(F)c1cnc(Oc2[c]cccc2)c(Cl)c1. The van der Waals surface area contributed by atoms with E-state index in [0.717, 1.165) is 6.07 Å². The summed E-state index contributed by atoms with van der Waals surface area (Å²) in [4.78, 5) is 3.55. The molecule has 2 aromatic rings. The number of hydrogen-bond donors (Lipinski definition) is 0. The number of para-hydroxylation sites is 1. The number of hydrogen-bond acceptors (Lipinski definition) is 2. The van der Waals surface area contributed by atoms with Gasteiger partial charge in [0.15, 0.2) is 0 Å². The summed E-state index contributed by atoms with van der Waals surface area (Å²) in [6.45, 7) is 0. The average molecular weight is 273 g/mol. The number of ether oxygens (including phenoxy) is 1. The topological polar surface area (TPSA) is 22.1 Å². The minimum absolute atomic E-state index is 0.0906. The molecule has 1 heterocycles. The fourth-order valence-electron chi connectivity index (χ4n) is 1.20. The molecule has 2 rings (SSSR count). The van der Waals surface area contributed by atoms with Gasteiger partial charge in [-0.15, -0.1) is 0 Å². The molecule has 0 N–H and O–H groups in total. The van der Waals surface area contributed by atoms with E-state index < -0.39 is 11.7 Å². The van der Waals surface area contributed by atoms with E-state index >= 15 is 0 Å². The van der Waals surface area contributed by atoms with Crippen LogP contribution < -0.4 is 4.74 Å². The van der Waals surface area contributed by atoms with Gasteiger partial charge in [-0.05, 0) is 12.1 Å². The van der Waals surface area contributed by atoms with Gasteiger partial charge in [0.25, 0.3) is 0 Å². The van der Waals surface area contributed by atoms with Crippen molar-refractivity contribution < 1.29 is 17.9 Å². The standard InChI is InChI=1S/C12H6ClF3NO/c13-10-6-8(12(14,15)16)7-17-11(10)18-9-4-2-1-3-5-9/h1-4,6-7H. The maximum absolute atomic E-state index is 12.4. The summed E-state index contributed by atoms with van der Waals surface area (Å²) >= 11 is 5.68. The second-order valence-corrected chi connectivity index (χ2v) is 3.74. The molecule has 0 saturated heterocycles. The van der Waals surface area contributed by atoms with Crippen molar-refractivity contribution in [2.45, 2.75) is 6.18 Å². The second-order valence-electron chi connectivity index (χ2n) is 3.34. The summed E-state index contributed by atoms with van der Waals surface area (Å²) in [7, 11) is 0. The molecule has 0 fully saturated rings. The van der Waals surface area contributed by atoms with E-state index in [4.69, 9.17) is 16.3 Å². The van der Waals surface area contributed by atoms with Crippen molar-refractivity contribution in [2.75, 3.05) is 0 Å². The van der Waals surface area contributed by atoms with Crippen molar-refractivity contribution in [3.63, 3.8) is 0 Å². The van der Waals surface area contributed by atoms with Gasteiger partial charge >= 0.3 is 6.18 Å². The third-order valence-electron chi connectivity index (χ3n) is 2.02. The van der Waals surface area contributed by atoms with Gasteiger partial charge in [-0.1, -0.05) is 29.8 Å². The molecule has 0 aliphatic rings. The Labute approximate surface area is 106 Å². The Morgan fingerprint density at radius 1 is 1.28 bits per heavy atom. The Balaban J connectivity index is 2.26. The van der Waals surface area contributed by atoms with Gasteiger partial charge in [0, 0.05) is 12.3 Å². The lowest BCUT2D eigenvalue weighted by atomic mass is 10.3. The van der Waals surface area contributed by atoms with Crippen molar-refractivity contribution in [3.05, 3.63) is 53.2 Å². The zero-order chi connectivity index (χ0) is 13.2. The lowest BCUT2D eigenvalue weighted by Crippen LogP contribution is -2.05. The molecule has 1 aromatic carbocycles. The summed E-state index contributed by atoms with van der Waals surface area (Å²) < 4.78 is 42.4. The highest BCUT2D eigenvalue weighted by Gasteiger charge is 2.31. The van der Waals surface area contributed by atoms with Gasteiger partial charge in [-0.2, -0.15) is 13.2 Å². The molecule has 0 atom stereocenters. The Hall–Kier alpha value is -1.75. The van der Waals surface area contributed by atoms with Crippen molar-refractivity contribution in [1.82, 2.24) is 4.98 Å². The number of alkyl halides is 3. The number of benzene rings is 1. The van der Waals surface area contributed by atoms with Crippen molar-refractivity contribution >= 4 is 11.6 Å². The average Bonchev–Trinajstić information content (AvgIpc) is 2.32. The molecule has 0 spiro atoms. The molecule has 6 heteroatoms. The van der Waals surface area contributed by atoms with Crippen LogP contribution in [0.25, 0.3) is 0 Å². The molecule has 0 amide bonds. The maximum Gasteiger partial charge on any atom is 0.417 e. The highest BCUT2D eigenvalue weighted by atomic mass is 35.5. The summed E-state index contributed by atoms with van der Waals surface area (Å²) in [5, 5.41) is -0.206. The van der Waals surface area contributed by atoms with Crippen LogP contribution in [0.3, 0.4) is 0 Å². The Morgan fingerprint density at radius 2 is 2.06 bits per heavy atom. The number of nitrogens with zero attached hydrogens (tertiary/aromatic N) is 1. The van der Waals surface area contributed by atoms with Gasteiger partial charge in [-0.25, -0.2) is 4.98 Å². The first kappa shape index (κ1) is 12.7. The molecule has 2 nitrogen and oxygen atoms in total. The van der Waals surface area contributed by atoms with Crippen LogP contribution in [0, 0.1) is 6.07 Å². The van der Waals surface area contributed by atoms with E-state index in [9.17, 15) is 13.2 Å². The van der Waals surface area contributed by atoms with Gasteiger partial charge in [0.2, 0.25) is 5.88 Å². The molecule has 0 aliphatic carbocycles. The van der Waals surface area contributed by atoms with Gasteiger partial charge in [0.05, 0.1) is 5.56 Å². The minimum atomic E-state index is -4.48. The van der Waals surface area contributed by atoms with E-state index in [2.05, 4.69) is 11.1 Å². The third kappa shape index (κ3) is 2.92. The van der Waals surface area contributed by atoms with E-state index in [1.54, 1.807) is 24.3 Å². The largest absolute Gasteiger partial charge is 0.437 e. The molecule has 0 bridgehead atoms. The van der Waals surface area contributed by atoms with E-state index in [-0.39, 0.29) is 10.9 Å². The summed E-state index contributed by atoms with van der Waals surface area (Å²) in [6, 6.07) is 10.1. The van der Waals surface area contributed by atoms with Crippen LogP contribution in [0.1, 0.15) is 5.56 Å². The van der Waals surface area contributed by atoms with Crippen molar-refractivity contribution in [1.29, 1.82) is 0 Å². The predicted octanol–water partition coefficient (Wildman–Crippen LogP) is 4.35. The van der Waals surface area contributed by atoms with Crippen molar-refractivity contribution in [2.24, 2.45) is 0 Å². The molecule has 18 heavy (non-hydrogen) atoms. The number of aromatic nitrogens is 1. The first-order valence-corrected chi connectivity index (χ1v) is 5.22. The molecule has 1 radical (unpaired) electrons. The number of pyridine rings is 1. The smallest absolute Gasteiger partial charge is 0.417 e. The normalized spacial score (nSPS) is 11.3. The molecular formula is C12H6ClF3NO. The fourth-order valence-corrected chi connectivity index (χ4v) is 1.40. The van der Waals surface area contributed by atoms with Gasteiger partial charge < -0.3 is 4.74 Å². The van der Waals surface area contributed by atoms with Crippen LogP contribution in [0.15, 0.2) is 36.5 Å². The molecular weight excluding hydrogens is 267 g/mol. The minimum Gasteiger partial charge on any atom is -0.437 e. The third-order valence-corrected chi connectivity index (χ3v) is 2.29. The highest BCUT2D eigenvalue weighted by Crippen LogP contribution is 2.34. The van der Waals surface area contributed by atoms with Gasteiger partial charge in [-0.3, -0.25) is 0 Å². The molecule has 0 saturated carbocycles. The monoisotopic (exact) mass is 272 g/mol. The summed E-state index contributed by atoms with van der Waals surface area (Å²) in [5.74, 6) is 0.235. The summed E-state index contributed by atoms with van der Waals surface area (Å²) in [6.07, 6.45) is -3.81. The summed E-state index contributed by atoms with van der Waals surface area (Å²) in [5.41, 5.74) is -0.920. The molecule has 1 aromatic heterocycles. The van der Waals surface area contributed by atoms with E-state index in [0.29, 0.717) is 11.9 Å². The highest BCUT2D eigenvalue weighted by molar-refractivity contribution is 6.31. The number of halogens is 4. The van der Waals surface area contributed by atoms with Crippen molar-refractivity contribution in [3.8, 4) is 11.6 Å². The van der Waals surface area contributed by atoms with Crippen LogP contribution in [-0.4, -0.2) is 4.98 Å². The quantitative estimate of drug-likeness (QED) is 0.811. The molecule has 93 valence electrons. The fraction of sp³-hybridized carbons (Fsp3) is 0.0833. The van der Waals surface area contributed by atoms with Crippen LogP contribution in [0.4, 0.5) is 13.2 Å².